The molecule has 1 fully saturated rings. The van der Waals surface area contributed by atoms with E-state index in [2.05, 4.69) is 15.6 Å². The molecule has 0 spiro atoms. The third kappa shape index (κ3) is 5.36. The zero-order valence-corrected chi connectivity index (χ0v) is 18.3. The van der Waals surface area contributed by atoms with Crippen molar-refractivity contribution in [2.75, 3.05) is 13.1 Å². The highest BCUT2D eigenvalue weighted by molar-refractivity contribution is 5.91. The van der Waals surface area contributed by atoms with Crippen molar-refractivity contribution in [2.24, 2.45) is 5.92 Å². The van der Waals surface area contributed by atoms with Crippen molar-refractivity contribution in [2.45, 2.75) is 44.9 Å². The number of carbonyl (C=O) groups is 2. The van der Waals surface area contributed by atoms with Gasteiger partial charge in [0.2, 0.25) is 11.8 Å². The van der Waals surface area contributed by atoms with Gasteiger partial charge in [-0.05, 0) is 48.6 Å². The number of halogens is 1. The van der Waals surface area contributed by atoms with E-state index in [1.54, 1.807) is 6.07 Å². The molecule has 3 aromatic rings. The summed E-state index contributed by atoms with van der Waals surface area (Å²) in [5, 5.41) is 6.62. The molecule has 1 aliphatic rings. The average Bonchev–Trinajstić information content (AvgIpc) is 3.19. The van der Waals surface area contributed by atoms with E-state index in [0.717, 1.165) is 53.4 Å². The fourth-order valence-electron chi connectivity index (χ4n) is 4.55. The molecule has 1 saturated carbocycles. The maximum Gasteiger partial charge on any atom is 0.223 e. The first-order valence-electron chi connectivity index (χ1n) is 11.5. The summed E-state index contributed by atoms with van der Waals surface area (Å²) in [6, 6.07) is 14.6. The number of benzene rings is 2. The lowest BCUT2D eigenvalue weighted by Crippen LogP contribution is -2.38. The number of fused-ring (bicyclic) bond motifs is 1. The molecule has 0 radical (unpaired) electrons. The molecule has 1 aliphatic carbocycles. The Hall–Kier alpha value is -3.15. The minimum absolute atomic E-state index is 0.0818. The minimum Gasteiger partial charge on any atom is -0.354 e. The second-order valence-electron chi connectivity index (χ2n) is 8.51. The largest absolute Gasteiger partial charge is 0.354 e. The van der Waals surface area contributed by atoms with E-state index >= 15 is 0 Å². The summed E-state index contributed by atoms with van der Waals surface area (Å²) in [7, 11) is 0. The van der Waals surface area contributed by atoms with Crippen molar-refractivity contribution >= 4 is 22.7 Å². The van der Waals surface area contributed by atoms with Gasteiger partial charge in [-0.3, -0.25) is 9.59 Å². The van der Waals surface area contributed by atoms with Gasteiger partial charge < -0.3 is 15.6 Å². The molecular formula is C26H30FN3O2. The van der Waals surface area contributed by atoms with Gasteiger partial charge in [-0.15, -0.1) is 0 Å². The van der Waals surface area contributed by atoms with Crippen LogP contribution in [-0.4, -0.2) is 29.9 Å². The molecule has 0 atom stereocenters. The van der Waals surface area contributed by atoms with Crippen molar-refractivity contribution < 1.29 is 14.0 Å². The molecule has 0 unspecified atom stereocenters. The van der Waals surface area contributed by atoms with Crippen LogP contribution in [0.15, 0.2) is 48.5 Å². The van der Waals surface area contributed by atoms with Gasteiger partial charge in [-0.1, -0.05) is 49.6 Å². The predicted molar refractivity (Wildman–Crippen MR) is 125 cm³/mol. The van der Waals surface area contributed by atoms with E-state index in [9.17, 15) is 14.0 Å². The van der Waals surface area contributed by atoms with Crippen LogP contribution in [0.5, 0.6) is 0 Å². The van der Waals surface area contributed by atoms with E-state index in [1.165, 1.54) is 18.6 Å². The quantitative estimate of drug-likeness (QED) is 0.448. The van der Waals surface area contributed by atoms with E-state index in [0.29, 0.717) is 25.9 Å². The summed E-state index contributed by atoms with van der Waals surface area (Å²) in [6.45, 7) is 0.847. The molecule has 1 heterocycles. The van der Waals surface area contributed by atoms with E-state index < -0.39 is 0 Å². The Labute approximate surface area is 187 Å². The predicted octanol–water partition coefficient (Wildman–Crippen LogP) is 4.72. The molecule has 4 rings (SSSR count). The number of aromatic amines is 1. The highest BCUT2D eigenvalue weighted by atomic mass is 19.1. The van der Waals surface area contributed by atoms with Crippen LogP contribution >= 0.6 is 0 Å². The highest BCUT2D eigenvalue weighted by Crippen LogP contribution is 2.31. The van der Waals surface area contributed by atoms with Crippen LogP contribution in [0.2, 0.25) is 0 Å². The van der Waals surface area contributed by atoms with Crippen LogP contribution in [0, 0.1) is 11.7 Å². The molecule has 1 aromatic heterocycles. The SMILES string of the molecule is O=C(CCc1c(-c2ccccc2)[nH]c2ccc(F)cc12)NCCNC(=O)C1CCCCC1. The van der Waals surface area contributed by atoms with Crippen molar-refractivity contribution in [3.8, 4) is 11.3 Å². The Morgan fingerprint density at radius 2 is 1.72 bits per heavy atom. The summed E-state index contributed by atoms with van der Waals surface area (Å²) in [4.78, 5) is 28.0. The molecule has 0 bridgehead atoms. The lowest BCUT2D eigenvalue weighted by molar-refractivity contribution is -0.126. The van der Waals surface area contributed by atoms with Gasteiger partial charge in [0.05, 0.1) is 0 Å². The lowest BCUT2D eigenvalue weighted by atomic mass is 9.89. The topological polar surface area (TPSA) is 74.0 Å². The Balaban J connectivity index is 1.33. The summed E-state index contributed by atoms with van der Waals surface area (Å²) in [5.74, 6) is -0.150. The van der Waals surface area contributed by atoms with E-state index in [4.69, 9.17) is 0 Å². The highest BCUT2D eigenvalue weighted by Gasteiger charge is 2.20. The first-order valence-corrected chi connectivity index (χ1v) is 11.5. The summed E-state index contributed by atoms with van der Waals surface area (Å²) < 4.78 is 13.9. The van der Waals surface area contributed by atoms with Crippen LogP contribution in [0.25, 0.3) is 22.2 Å². The maximum absolute atomic E-state index is 13.9. The first kappa shape index (κ1) is 22.1. The number of carbonyl (C=O) groups excluding carboxylic acids is 2. The molecule has 5 nitrogen and oxygen atoms in total. The smallest absolute Gasteiger partial charge is 0.223 e. The molecule has 3 N–H and O–H groups in total. The zero-order valence-electron chi connectivity index (χ0n) is 18.3. The number of hydrogen-bond acceptors (Lipinski definition) is 2. The average molecular weight is 436 g/mol. The number of nitrogens with one attached hydrogen (secondary N) is 3. The maximum atomic E-state index is 13.9. The first-order chi connectivity index (χ1) is 15.6. The molecule has 168 valence electrons. The number of aryl methyl sites for hydroxylation is 1. The zero-order chi connectivity index (χ0) is 22.3. The Morgan fingerprint density at radius 1 is 0.969 bits per heavy atom. The molecular weight excluding hydrogens is 405 g/mol. The number of aromatic nitrogens is 1. The molecule has 2 amide bonds. The van der Waals surface area contributed by atoms with Gasteiger partial charge in [-0.25, -0.2) is 4.39 Å². The second-order valence-corrected chi connectivity index (χ2v) is 8.51. The number of hydrogen-bond donors (Lipinski definition) is 3. The van der Waals surface area contributed by atoms with E-state index in [-0.39, 0.29) is 23.5 Å². The van der Waals surface area contributed by atoms with Crippen molar-refractivity contribution in [3.63, 3.8) is 0 Å². The van der Waals surface area contributed by atoms with Gasteiger partial charge in [0.1, 0.15) is 5.82 Å². The molecule has 6 heteroatoms. The fraction of sp³-hybridized carbons (Fsp3) is 0.385. The minimum atomic E-state index is -0.296. The van der Waals surface area contributed by atoms with Crippen LogP contribution in [0.1, 0.15) is 44.1 Å². The summed E-state index contributed by atoms with van der Waals surface area (Å²) in [5.41, 5.74) is 3.71. The van der Waals surface area contributed by atoms with Crippen LogP contribution < -0.4 is 10.6 Å². The number of amides is 2. The Bertz CT molecular complexity index is 1070. The van der Waals surface area contributed by atoms with Crippen LogP contribution in [0.3, 0.4) is 0 Å². The normalized spacial score (nSPS) is 14.4. The van der Waals surface area contributed by atoms with E-state index in [1.807, 2.05) is 30.3 Å². The Kier molecular flexibility index (Phi) is 7.20. The lowest BCUT2D eigenvalue weighted by Gasteiger charge is -2.20. The molecule has 0 saturated heterocycles. The monoisotopic (exact) mass is 435 g/mol. The fourth-order valence-corrected chi connectivity index (χ4v) is 4.55. The third-order valence-corrected chi connectivity index (χ3v) is 6.26. The van der Waals surface area contributed by atoms with Gasteiger partial charge in [0, 0.05) is 42.0 Å². The van der Waals surface area contributed by atoms with Crippen LogP contribution in [0.4, 0.5) is 4.39 Å². The van der Waals surface area contributed by atoms with Gasteiger partial charge in [0.15, 0.2) is 0 Å². The van der Waals surface area contributed by atoms with Gasteiger partial charge >= 0.3 is 0 Å². The Morgan fingerprint density at radius 3 is 2.50 bits per heavy atom. The number of rotatable bonds is 8. The van der Waals surface area contributed by atoms with Crippen LogP contribution in [-0.2, 0) is 16.0 Å². The molecule has 2 aromatic carbocycles. The summed E-state index contributed by atoms with van der Waals surface area (Å²) >= 11 is 0. The third-order valence-electron chi connectivity index (χ3n) is 6.26. The summed E-state index contributed by atoms with van der Waals surface area (Å²) in [6.07, 6.45) is 6.18. The molecule has 0 aliphatic heterocycles. The van der Waals surface area contributed by atoms with Gasteiger partial charge in [0.25, 0.3) is 0 Å². The second kappa shape index (κ2) is 10.4. The molecule has 32 heavy (non-hydrogen) atoms. The van der Waals surface area contributed by atoms with Crippen molar-refractivity contribution in [1.82, 2.24) is 15.6 Å². The number of H-pyrrole nitrogens is 1. The van der Waals surface area contributed by atoms with Crippen molar-refractivity contribution in [1.29, 1.82) is 0 Å². The standard InChI is InChI=1S/C26H30FN3O2/c27-20-11-13-23-22(17-20)21(25(30-23)18-7-3-1-4-8-18)12-14-24(31)28-15-16-29-26(32)19-9-5-2-6-10-19/h1,3-4,7-8,11,13,17,19,30H,2,5-6,9-10,12,14-16H2,(H,28,31)(H,29,32). The van der Waals surface area contributed by atoms with Gasteiger partial charge in [-0.2, -0.15) is 0 Å². The van der Waals surface area contributed by atoms with Crippen molar-refractivity contribution in [3.05, 3.63) is 59.9 Å².